The maximum atomic E-state index is 13.3. The molecule has 1 amide bonds. The molecule has 0 spiro atoms. The molecule has 1 fully saturated rings. The second-order valence-corrected chi connectivity index (χ2v) is 6.15. The van der Waals surface area contributed by atoms with E-state index in [9.17, 15) is 13.6 Å². The monoisotopic (exact) mass is 366 g/mol. The van der Waals surface area contributed by atoms with Crippen molar-refractivity contribution in [2.24, 2.45) is 0 Å². The molecule has 7 heteroatoms. The third kappa shape index (κ3) is 4.39. The quantitative estimate of drug-likeness (QED) is 0.832. The number of amides is 1. The van der Waals surface area contributed by atoms with Gasteiger partial charge in [0.05, 0.1) is 0 Å². The normalized spacial score (nSPS) is 14.5. The Balaban J connectivity index is 1.50. The molecule has 1 saturated heterocycles. The Labute approximate surface area is 149 Å². The number of carbonyl (C=O) groups excluding carboxylic acids is 1. The van der Waals surface area contributed by atoms with Crippen molar-refractivity contribution < 1.29 is 18.3 Å². The second-order valence-electron chi connectivity index (χ2n) is 5.71. The summed E-state index contributed by atoms with van der Waals surface area (Å²) in [5.74, 6) is -1.26. The van der Waals surface area contributed by atoms with Crippen molar-refractivity contribution in [1.29, 1.82) is 0 Å². The molecule has 1 aliphatic rings. The van der Waals surface area contributed by atoms with E-state index >= 15 is 0 Å². The lowest BCUT2D eigenvalue weighted by atomic mass is 10.2. The largest absolute Gasteiger partial charge is 0.484 e. The Hall–Kier alpha value is -2.34. The topological polar surface area (TPSA) is 32.8 Å². The zero-order valence-electron chi connectivity index (χ0n) is 13.4. The Kier molecular flexibility index (Phi) is 5.38. The second kappa shape index (κ2) is 7.70. The first-order valence-electron chi connectivity index (χ1n) is 7.89. The van der Waals surface area contributed by atoms with E-state index in [1.165, 1.54) is 6.07 Å². The molecule has 0 radical (unpaired) electrons. The lowest BCUT2D eigenvalue weighted by Gasteiger charge is -2.36. The van der Waals surface area contributed by atoms with Crippen molar-refractivity contribution in [1.82, 2.24) is 4.90 Å². The third-order valence-corrected chi connectivity index (χ3v) is 4.33. The molecule has 2 aromatic carbocycles. The average molecular weight is 367 g/mol. The number of rotatable bonds is 4. The summed E-state index contributed by atoms with van der Waals surface area (Å²) in [5, 5.41) is 0.604. The summed E-state index contributed by atoms with van der Waals surface area (Å²) < 4.78 is 31.8. The highest BCUT2D eigenvalue weighted by atomic mass is 35.5. The van der Waals surface area contributed by atoms with E-state index < -0.39 is 11.6 Å². The summed E-state index contributed by atoms with van der Waals surface area (Å²) >= 11 is 5.80. The molecular weight excluding hydrogens is 350 g/mol. The van der Waals surface area contributed by atoms with Crippen LogP contribution in [0.25, 0.3) is 0 Å². The molecule has 0 aliphatic carbocycles. The first kappa shape index (κ1) is 17.5. The number of benzene rings is 2. The standard InChI is InChI=1S/C18H17ClF2N2O2/c19-13-1-4-15(5-2-13)25-12-18(24)23-9-7-22(8-10-23)14-3-6-16(20)17(21)11-14/h1-6,11H,7-10,12H2. The van der Waals surface area contributed by atoms with Gasteiger partial charge in [-0.05, 0) is 36.4 Å². The number of nitrogens with zero attached hydrogens (tertiary/aromatic N) is 2. The number of ether oxygens (including phenoxy) is 1. The Morgan fingerprint density at radius 1 is 1.00 bits per heavy atom. The van der Waals surface area contributed by atoms with E-state index in [-0.39, 0.29) is 12.5 Å². The lowest BCUT2D eigenvalue weighted by Crippen LogP contribution is -2.50. The van der Waals surface area contributed by atoms with Crippen LogP contribution in [0.2, 0.25) is 5.02 Å². The number of hydrogen-bond donors (Lipinski definition) is 0. The highest BCUT2D eigenvalue weighted by Gasteiger charge is 2.22. The number of halogens is 3. The summed E-state index contributed by atoms with van der Waals surface area (Å²) in [6.07, 6.45) is 0. The smallest absolute Gasteiger partial charge is 0.260 e. The van der Waals surface area contributed by atoms with Crippen LogP contribution in [0.3, 0.4) is 0 Å². The number of piperazine rings is 1. The van der Waals surface area contributed by atoms with Crippen LogP contribution < -0.4 is 9.64 Å². The fraction of sp³-hybridized carbons (Fsp3) is 0.278. The maximum Gasteiger partial charge on any atom is 0.260 e. The minimum atomic E-state index is -0.868. The van der Waals surface area contributed by atoms with Crippen LogP contribution in [0, 0.1) is 11.6 Å². The zero-order valence-corrected chi connectivity index (χ0v) is 14.2. The fourth-order valence-electron chi connectivity index (χ4n) is 2.66. The average Bonchev–Trinajstić information content (AvgIpc) is 2.63. The van der Waals surface area contributed by atoms with Gasteiger partial charge in [0.1, 0.15) is 5.75 Å². The van der Waals surface area contributed by atoms with Crippen LogP contribution in [-0.2, 0) is 4.79 Å². The van der Waals surface area contributed by atoms with E-state index in [2.05, 4.69) is 0 Å². The zero-order chi connectivity index (χ0) is 17.8. The van der Waals surface area contributed by atoms with Gasteiger partial charge in [0.2, 0.25) is 0 Å². The van der Waals surface area contributed by atoms with E-state index in [1.807, 2.05) is 4.90 Å². The molecule has 1 heterocycles. The Bertz CT molecular complexity index is 747. The molecule has 0 atom stereocenters. The molecule has 0 saturated carbocycles. The molecule has 4 nitrogen and oxygen atoms in total. The van der Waals surface area contributed by atoms with Crippen molar-refractivity contribution in [2.75, 3.05) is 37.7 Å². The Morgan fingerprint density at radius 3 is 2.32 bits per heavy atom. The molecular formula is C18H17ClF2N2O2. The van der Waals surface area contributed by atoms with E-state index in [0.717, 1.165) is 6.07 Å². The molecule has 2 aromatic rings. The third-order valence-electron chi connectivity index (χ3n) is 4.08. The van der Waals surface area contributed by atoms with E-state index in [1.54, 1.807) is 35.2 Å². The predicted octanol–water partition coefficient (Wildman–Crippen LogP) is 3.35. The molecule has 25 heavy (non-hydrogen) atoms. The number of hydrogen-bond acceptors (Lipinski definition) is 3. The molecule has 0 bridgehead atoms. The van der Waals surface area contributed by atoms with Crippen LogP contribution >= 0.6 is 11.6 Å². The van der Waals surface area contributed by atoms with Gasteiger partial charge in [0.15, 0.2) is 18.2 Å². The van der Waals surface area contributed by atoms with Crippen molar-refractivity contribution in [2.45, 2.75) is 0 Å². The van der Waals surface area contributed by atoms with E-state index in [0.29, 0.717) is 42.6 Å². The van der Waals surface area contributed by atoms with Gasteiger partial charge in [-0.2, -0.15) is 0 Å². The molecule has 3 rings (SSSR count). The van der Waals surface area contributed by atoms with Gasteiger partial charge in [0.25, 0.3) is 5.91 Å². The minimum absolute atomic E-state index is 0.0488. The van der Waals surface area contributed by atoms with Gasteiger partial charge in [-0.1, -0.05) is 11.6 Å². The Morgan fingerprint density at radius 2 is 1.68 bits per heavy atom. The lowest BCUT2D eigenvalue weighted by molar-refractivity contribution is -0.133. The number of carbonyl (C=O) groups is 1. The summed E-state index contributed by atoms with van der Waals surface area (Å²) in [4.78, 5) is 15.9. The minimum Gasteiger partial charge on any atom is -0.484 e. The van der Waals surface area contributed by atoms with Gasteiger partial charge in [0, 0.05) is 43.0 Å². The van der Waals surface area contributed by atoms with Gasteiger partial charge < -0.3 is 14.5 Å². The highest BCUT2D eigenvalue weighted by Crippen LogP contribution is 2.20. The first-order chi connectivity index (χ1) is 12.0. The molecule has 0 aromatic heterocycles. The van der Waals surface area contributed by atoms with Crippen LogP contribution in [0.15, 0.2) is 42.5 Å². The highest BCUT2D eigenvalue weighted by molar-refractivity contribution is 6.30. The summed E-state index contributed by atoms with van der Waals surface area (Å²) in [6, 6.07) is 10.6. The number of anilines is 1. The van der Waals surface area contributed by atoms with Crippen molar-refractivity contribution in [3.8, 4) is 5.75 Å². The summed E-state index contributed by atoms with van der Waals surface area (Å²) in [6.45, 7) is 2.06. The van der Waals surface area contributed by atoms with Crippen LogP contribution in [0.5, 0.6) is 5.75 Å². The van der Waals surface area contributed by atoms with Gasteiger partial charge in [-0.25, -0.2) is 8.78 Å². The summed E-state index contributed by atoms with van der Waals surface area (Å²) in [5.41, 5.74) is 0.614. The SMILES string of the molecule is O=C(COc1ccc(Cl)cc1)N1CCN(c2ccc(F)c(F)c2)CC1. The van der Waals surface area contributed by atoms with Gasteiger partial charge >= 0.3 is 0 Å². The maximum absolute atomic E-state index is 13.3. The first-order valence-corrected chi connectivity index (χ1v) is 8.27. The van der Waals surface area contributed by atoms with Crippen LogP contribution in [-0.4, -0.2) is 43.6 Å². The van der Waals surface area contributed by atoms with Crippen molar-refractivity contribution in [3.05, 3.63) is 59.1 Å². The molecule has 0 N–H and O–H groups in total. The van der Waals surface area contributed by atoms with Crippen molar-refractivity contribution >= 4 is 23.2 Å². The van der Waals surface area contributed by atoms with Crippen molar-refractivity contribution in [3.63, 3.8) is 0 Å². The molecule has 0 unspecified atom stereocenters. The van der Waals surface area contributed by atoms with E-state index in [4.69, 9.17) is 16.3 Å². The van der Waals surface area contributed by atoms with Gasteiger partial charge in [-0.3, -0.25) is 4.79 Å². The summed E-state index contributed by atoms with van der Waals surface area (Å²) in [7, 11) is 0. The van der Waals surface area contributed by atoms with Crippen LogP contribution in [0.1, 0.15) is 0 Å². The molecule has 132 valence electrons. The fourth-order valence-corrected chi connectivity index (χ4v) is 2.79. The van der Waals surface area contributed by atoms with Gasteiger partial charge in [-0.15, -0.1) is 0 Å². The predicted molar refractivity (Wildman–Crippen MR) is 92.1 cm³/mol. The molecule has 1 aliphatic heterocycles. The van der Waals surface area contributed by atoms with Crippen LogP contribution in [0.4, 0.5) is 14.5 Å².